The van der Waals surface area contributed by atoms with Gasteiger partial charge in [-0.2, -0.15) is 0 Å². The van der Waals surface area contributed by atoms with Crippen molar-refractivity contribution in [1.29, 1.82) is 0 Å². The van der Waals surface area contributed by atoms with Gasteiger partial charge in [-0.25, -0.2) is 4.39 Å². The molecule has 0 saturated carbocycles. The zero-order valence-corrected chi connectivity index (χ0v) is 14.2. The number of hydrogen-bond acceptors (Lipinski definition) is 4. The van der Waals surface area contributed by atoms with Gasteiger partial charge >= 0.3 is 0 Å². The lowest BCUT2D eigenvalue weighted by atomic mass is 10.1. The number of amides is 1. The highest BCUT2D eigenvalue weighted by molar-refractivity contribution is 5.95. The maximum atomic E-state index is 13.1. The molecule has 2 N–H and O–H groups in total. The van der Waals surface area contributed by atoms with Crippen molar-refractivity contribution >= 4 is 5.91 Å². The van der Waals surface area contributed by atoms with Gasteiger partial charge in [0.15, 0.2) is 0 Å². The summed E-state index contributed by atoms with van der Waals surface area (Å²) in [7, 11) is 0. The second-order valence-electron chi connectivity index (χ2n) is 5.81. The van der Waals surface area contributed by atoms with E-state index in [1.54, 1.807) is 35.5 Å². The minimum Gasteiger partial charge on any atom is -0.331 e. The van der Waals surface area contributed by atoms with Crippen molar-refractivity contribution < 1.29 is 9.18 Å². The lowest BCUT2D eigenvalue weighted by molar-refractivity contribution is 0.0746. The van der Waals surface area contributed by atoms with Gasteiger partial charge in [0.2, 0.25) is 0 Å². The maximum Gasteiger partial charge on any atom is 0.255 e. The van der Waals surface area contributed by atoms with Crippen LogP contribution < -0.4 is 5.73 Å². The molecule has 0 radical (unpaired) electrons. The summed E-state index contributed by atoms with van der Waals surface area (Å²) in [5, 5.41) is 0. The van der Waals surface area contributed by atoms with E-state index in [0.29, 0.717) is 25.2 Å². The minimum atomic E-state index is -0.307. The van der Waals surface area contributed by atoms with Crippen LogP contribution in [-0.2, 0) is 6.54 Å². The SMILES string of the molecule is NCCN(Cc1ccccn1)C(=O)c1cncc(-c2ccc(F)cc2)c1. The van der Waals surface area contributed by atoms with Crippen LogP contribution in [0.5, 0.6) is 0 Å². The first-order valence-electron chi connectivity index (χ1n) is 8.27. The van der Waals surface area contributed by atoms with Gasteiger partial charge in [0.25, 0.3) is 5.91 Å². The maximum absolute atomic E-state index is 13.1. The molecule has 0 bridgehead atoms. The van der Waals surface area contributed by atoms with Crippen molar-refractivity contribution in [2.24, 2.45) is 5.73 Å². The second-order valence-corrected chi connectivity index (χ2v) is 5.81. The Hall–Kier alpha value is -3.12. The molecule has 0 aliphatic rings. The summed E-state index contributed by atoms with van der Waals surface area (Å²) in [5.74, 6) is -0.476. The number of rotatable bonds is 6. The molecule has 5 nitrogen and oxygen atoms in total. The first kappa shape index (κ1) is 17.7. The highest BCUT2D eigenvalue weighted by atomic mass is 19.1. The molecule has 2 heterocycles. The molecule has 0 aliphatic carbocycles. The quantitative estimate of drug-likeness (QED) is 0.742. The molecule has 0 aliphatic heterocycles. The Morgan fingerprint density at radius 3 is 2.58 bits per heavy atom. The van der Waals surface area contributed by atoms with Gasteiger partial charge < -0.3 is 10.6 Å². The molecule has 0 unspecified atom stereocenters. The summed E-state index contributed by atoms with van der Waals surface area (Å²) < 4.78 is 13.1. The normalized spacial score (nSPS) is 10.5. The van der Waals surface area contributed by atoms with E-state index in [9.17, 15) is 9.18 Å². The summed E-state index contributed by atoms with van der Waals surface area (Å²) in [6.07, 6.45) is 4.87. The lowest BCUT2D eigenvalue weighted by Gasteiger charge is -2.22. The van der Waals surface area contributed by atoms with Crippen LogP contribution in [0.15, 0.2) is 67.1 Å². The van der Waals surface area contributed by atoms with E-state index in [1.165, 1.54) is 18.3 Å². The Labute approximate surface area is 151 Å². The van der Waals surface area contributed by atoms with Crippen LogP contribution in [0.25, 0.3) is 11.1 Å². The fraction of sp³-hybridized carbons (Fsp3) is 0.150. The number of pyridine rings is 2. The van der Waals surface area contributed by atoms with Gasteiger partial charge in [-0.15, -0.1) is 0 Å². The number of hydrogen-bond donors (Lipinski definition) is 1. The zero-order chi connectivity index (χ0) is 18.4. The molecule has 3 rings (SSSR count). The van der Waals surface area contributed by atoms with Crippen LogP contribution in [0.1, 0.15) is 16.1 Å². The smallest absolute Gasteiger partial charge is 0.255 e. The van der Waals surface area contributed by atoms with Gasteiger partial charge in [-0.3, -0.25) is 14.8 Å². The Balaban J connectivity index is 1.85. The number of carbonyl (C=O) groups excluding carboxylic acids is 1. The van der Waals surface area contributed by atoms with Crippen LogP contribution in [0.3, 0.4) is 0 Å². The Kier molecular flexibility index (Phi) is 5.66. The Morgan fingerprint density at radius 2 is 1.88 bits per heavy atom. The van der Waals surface area contributed by atoms with Crippen LogP contribution >= 0.6 is 0 Å². The summed E-state index contributed by atoms with van der Waals surface area (Å²) in [5.41, 5.74) is 8.46. The monoisotopic (exact) mass is 350 g/mol. The summed E-state index contributed by atoms with van der Waals surface area (Å²) in [6.45, 7) is 1.14. The fourth-order valence-corrected chi connectivity index (χ4v) is 2.64. The van der Waals surface area contributed by atoms with Crippen molar-refractivity contribution in [3.63, 3.8) is 0 Å². The number of nitrogens with two attached hydrogens (primary N) is 1. The molecule has 1 aromatic carbocycles. The van der Waals surface area contributed by atoms with E-state index in [1.807, 2.05) is 18.2 Å². The molecule has 0 saturated heterocycles. The molecule has 132 valence electrons. The van der Waals surface area contributed by atoms with Crippen molar-refractivity contribution in [2.75, 3.05) is 13.1 Å². The van der Waals surface area contributed by atoms with Crippen molar-refractivity contribution in [2.45, 2.75) is 6.54 Å². The molecule has 0 fully saturated rings. The van der Waals surface area contributed by atoms with Crippen LogP contribution in [0.4, 0.5) is 4.39 Å². The van der Waals surface area contributed by atoms with Crippen molar-refractivity contribution in [3.8, 4) is 11.1 Å². The number of nitrogens with zero attached hydrogens (tertiary/aromatic N) is 3. The van der Waals surface area contributed by atoms with E-state index in [0.717, 1.165) is 16.8 Å². The minimum absolute atomic E-state index is 0.169. The highest BCUT2D eigenvalue weighted by Crippen LogP contribution is 2.20. The average molecular weight is 350 g/mol. The molecule has 0 spiro atoms. The van der Waals surface area contributed by atoms with Crippen LogP contribution in [-0.4, -0.2) is 33.9 Å². The summed E-state index contributed by atoms with van der Waals surface area (Å²) in [6, 6.07) is 13.4. The number of halogens is 1. The number of carbonyl (C=O) groups is 1. The van der Waals surface area contributed by atoms with E-state index in [2.05, 4.69) is 9.97 Å². The van der Waals surface area contributed by atoms with Crippen LogP contribution in [0, 0.1) is 5.82 Å². The molecular formula is C20H19FN4O. The second kappa shape index (κ2) is 8.31. The Morgan fingerprint density at radius 1 is 1.08 bits per heavy atom. The zero-order valence-electron chi connectivity index (χ0n) is 14.2. The van der Waals surface area contributed by atoms with Gasteiger partial charge in [0.05, 0.1) is 17.8 Å². The highest BCUT2D eigenvalue weighted by Gasteiger charge is 2.17. The van der Waals surface area contributed by atoms with E-state index < -0.39 is 0 Å². The predicted octanol–water partition coefficient (Wildman–Crippen LogP) is 2.88. The van der Waals surface area contributed by atoms with Gasteiger partial charge in [0, 0.05) is 37.2 Å². The van der Waals surface area contributed by atoms with E-state index in [-0.39, 0.29) is 11.7 Å². The predicted molar refractivity (Wildman–Crippen MR) is 97.7 cm³/mol. The van der Waals surface area contributed by atoms with E-state index >= 15 is 0 Å². The molecule has 3 aromatic rings. The third-order valence-corrected chi connectivity index (χ3v) is 3.93. The van der Waals surface area contributed by atoms with Gasteiger partial charge in [0.1, 0.15) is 5.82 Å². The Bertz CT molecular complexity index is 868. The molecule has 26 heavy (non-hydrogen) atoms. The van der Waals surface area contributed by atoms with Crippen LogP contribution in [0.2, 0.25) is 0 Å². The number of aromatic nitrogens is 2. The van der Waals surface area contributed by atoms with Crippen molar-refractivity contribution in [1.82, 2.24) is 14.9 Å². The summed E-state index contributed by atoms with van der Waals surface area (Å²) in [4.78, 5) is 23.0. The molecule has 2 aromatic heterocycles. The third-order valence-electron chi connectivity index (χ3n) is 3.93. The van der Waals surface area contributed by atoms with Crippen molar-refractivity contribution in [3.05, 3.63) is 84.2 Å². The molecule has 1 amide bonds. The summed E-state index contributed by atoms with van der Waals surface area (Å²) >= 11 is 0. The fourth-order valence-electron chi connectivity index (χ4n) is 2.64. The topological polar surface area (TPSA) is 72.1 Å². The first-order valence-corrected chi connectivity index (χ1v) is 8.27. The average Bonchev–Trinajstić information content (AvgIpc) is 2.68. The lowest BCUT2D eigenvalue weighted by Crippen LogP contribution is -2.35. The third kappa shape index (κ3) is 4.29. The molecule has 0 atom stereocenters. The van der Waals surface area contributed by atoms with Gasteiger partial charge in [-0.05, 0) is 35.9 Å². The number of benzene rings is 1. The first-order chi connectivity index (χ1) is 12.7. The van der Waals surface area contributed by atoms with Gasteiger partial charge in [-0.1, -0.05) is 18.2 Å². The largest absolute Gasteiger partial charge is 0.331 e. The molecular weight excluding hydrogens is 331 g/mol. The molecule has 6 heteroatoms. The standard InChI is InChI=1S/C20H19FN4O/c21-18-6-4-15(5-7-18)16-11-17(13-23-12-16)20(26)25(10-8-22)14-19-3-1-2-9-24-19/h1-7,9,11-13H,8,10,14,22H2. The van der Waals surface area contributed by atoms with E-state index in [4.69, 9.17) is 5.73 Å².